The number of halogens is 3. The highest BCUT2D eigenvalue weighted by Crippen LogP contribution is 2.39. The van der Waals surface area contributed by atoms with E-state index >= 15 is 0 Å². The number of aliphatic carboxylic acids is 1. The summed E-state index contributed by atoms with van der Waals surface area (Å²) in [7, 11) is 0. The third kappa shape index (κ3) is 4.82. The van der Waals surface area contributed by atoms with E-state index in [0.29, 0.717) is 15.1 Å². The van der Waals surface area contributed by atoms with Gasteiger partial charge in [-0.25, -0.2) is 0 Å². The molecule has 8 heteroatoms. The second-order valence-corrected chi connectivity index (χ2v) is 8.13. The van der Waals surface area contributed by atoms with Gasteiger partial charge in [0.2, 0.25) is 0 Å². The van der Waals surface area contributed by atoms with Gasteiger partial charge in [-0.3, -0.25) is 4.79 Å². The lowest BCUT2D eigenvalue weighted by Gasteiger charge is -2.13. The predicted octanol–water partition coefficient (Wildman–Crippen LogP) is 3.95. The Morgan fingerprint density at radius 2 is 1.78 bits per heavy atom. The minimum absolute atomic E-state index is 0.200. The molecule has 0 saturated heterocycles. The topological polar surface area (TPSA) is 92.8 Å². The molecule has 0 unspecified atom stereocenters. The number of carboxylic acids is 1. The van der Waals surface area contributed by atoms with Gasteiger partial charge in [-0.1, -0.05) is 12.1 Å². The maximum atomic E-state index is 10.8. The predicted molar refractivity (Wildman–Crippen MR) is 112 cm³/mol. The number of benzene rings is 2. The highest BCUT2D eigenvalue weighted by atomic mass is 127. The van der Waals surface area contributed by atoms with E-state index in [1.807, 2.05) is 28.7 Å². The van der Waals surface area contributed by atoms with Crippen LogP contribution in [0, 0.1) is 10.7 Å². The average Bonchev–Trinajstić information content (AvgIpc) is 2.51. The van der Waals surface area contributed by atoms with Gasteiger partial charge in [0.05, 0.1) is 10.7 Å². The minimum atomic E-state index is -1.02. The second kappa shape index (κ2) is 8.16. The van der Waals surface area contributed by atoms with Crippen molar-refractivity contribution in [1.29, 1.82) is 0 Å². The van der Waals surface area contributed by atoms with E-state index in [9.17, 15) is 9.90 Å². The van der Waals surface area contributed by atoms with Gasteiger partial charge >= 0.3 is 5.97 Å². The Labute approximate surface area is 174 Å². The Balaban J connectivity index is 2.19. The van der Waals surface area contributed by atoms with Crippen molar-refractivity contribution in [1.82, 2.24) is 0 Å². The van der Waals surface area contributed by atoms with E-state index < -0.39 is 12.0 Å². The van der Waals surface area contributed by atoms with Crippen LogP contribution in [0.2, 0.25) is 0 Å². The van der Waals surface area contributed by atoms with Crippen molar-refractivity contribution in [2.75, 3.05) is 0 Å². The summed E-state index contributed by atoms with van der Waals surface area (Å²) in [6.45, 7) is 0. The average molecular weight is 651 g/mol. The van der Waals surface area contributed by atoms with Crippen LogP contribution in [0.1, 0.15) is 5.56 Å². The van der Waals surface area contributed by atoms with Crippen molar-refractivity contribution in [3.63, 3.8) is 0 Å². The first kappa shape index (κ1) is 19.0. The summed E-state index contributed by atoms with van der Waals surface area (Å²) in [4.78, 5) is 10.8. The van der Waals surface area contributed by atoms with Gasteiger partial charge in [0.15, 0.2) is 5.75 Å². The molecule has 0 amide bonds. The SMILES string of the molecule is N[C@@H](Cc1ccc(Oc2c(I)cc(I)c(O)c2I)cc1)C(=O)O. The molecule has 5 nitrogen and oxygen atoms in total. The summed E-state index contributed by atoms with van der Waals surface area (Å²) in [6, 6.07) is 8.00. The molecule has 0 aliphatic rings. The van der Waals surface area contributed by atoms with Crippen LogP contribution in [-0.4, -0.2) is 22.2 Å². The molecule has 2 aromatic carbocycles. The largest absolute Gasteiger partial charge is 0.506 e. The molecule has 1 atom stereocenters. The molecule has 0 heterocycles. The standard InChI is InChI=1S/C15H12I3NO4/c16-9-6-10(17)14(12(18)13(9)20)23-8-3-1-7(2-4-8)5-11(19)15(21)22/h1-4,6,11,20H,5,19H2,(H,21,22)/t11-/m0/s1. The maximum absolute atomic E-state index is 10.8. The molecule has 2 aromatic rings. The highest BCUT2D eigenvalue weighted by molar-refractivity contribution is 14.1. The Kier molecular flexibility index (Phi) is 6.74. The van der Waals surface area contributed by atoms with Crippen LogP contribution < -0.4 is 10.5 Å². The summed E-state index contributed by atoms with van der Waals surface area (Å²) in [6.07, 6.45) is 0.259. The fraction of sp³-hybridized carbons (Fsp3) is 0.133. The first-order chi connectivity index (χ1) is 10.8. The van der Waals surface area contributed by atoms with E-state index in [1.54, 1.807) is 24.3 Å². The summed E-state index contributed by atoms with van der Waals surface area (Å²) in [5, 5.41) is 18.8. The van der Waals surface area contributed by atoms with Gasteiger partial charge in [-0.05, 0) is 98.0 Å². The van der Waals surface area contributed by atoms with Crippen LogP contribution in [0.25, 0.3) is 0 Å². The molecule has 0 saturated carbocycles. The number of phenolic OH excluding ortho intramolecular Hbond substituents is 1. The Morgan fingerprint density at radius 3 is 2.35 bits per heavy atom. The Hall–Kier alpha value is -0.340. The molecule has 0 aromatic heterocycles. The molecular weight excluding hydrogens is 639 g/mol. The van der Waals surface area contributed by atoms with Crippen molar-refractivity contribution in [3.05, 3.63) is 46.6 Å². The first-order valence-corrected chi connectivity index (χ1v) is 9.65. The van der Waals surface area contributed by atoms with Crippen LogP contribution in [0.5, 0.6) is 17.2 Å². The van der Waals surface area contributed by atoms with Crippen LogP contribution in [0.4, 0.5) is 0 Å². The normalized spacial score (nSPS) is 12.0. The van der Waals surface area contributed by atoms with E-state index in [4.69, 9.17) is 15.6 Å². The van der Waals surface area contributed by atoms with Crippen molar-refractivity contribution in [2.45, 2.75) is 12.5 Å². The molecule has 0 aliphatic carbocycles. The van der Waals surface area contributed by atoms with Gasteiger partial charge in [0, 0.05) is 0 Å². The van der Waals surface area contributed by atoms with Crippen LogP contribution >= 0.6 is 67.8 Å². The third-order valence-electron chi connectivity index (χ3n) is 3.02. The molecule has 0 aliphatic heterocycles. The lowest BCUT2D eigenvalue weighted by molar-refractivity contribution is -0.138. The van der Waals surface area contributed by atoms with Gasteiger partial charge in [-0.2, -0.15) is 0 Å². The maximum Gasteiger partial charge on any atom is 0.320 e. The zero-order valence-electron chi connectivity index (χ0n) is 11.6. The van der Waals surface area contributed by atoms with Gasteiger partial charge in [0.1, 0.15) is 17.5 Å². The molecule has 0 bridgehead atoms. The number of phenols is 1. The number of carbonyl (C=O) groups is 1. The number of carboxylic acid groups (broad SMARTS) is 1. The zero-order valence-corrected chi connectivity index (χ0v) is 18.1. The lowest BCUT2D eigenvalue weighted by Crippen LogP contribution is -2.32. The zero-order chi connectivity index (χ0) is 17.1. The van der Waals surface area contributed by atoms with Gasteiger partial charge in [0.25, 0.3) is 0 Å². The lowest BCUT2D eigenvalue weighted by atomic mass is 10.1. The molecule has 122 valence electrons. The Morgan fingerprint density at radius 1 is 1.17 bits per heavy atom. The van der Waals surface area contributed by atoms with E-state index in [2.05, 4.69) is 45.2 Å². The Bertz CT molecular complexity index is 734. The minimum Gasteiger partial charge on any atom is -0.506 e. The highest BCUT2D eigenvalue weighted by Gasteiger charge is 2.16. The number of nitrogens with two attached hydrogens (primary N) is 1. The molecule has 4 N–H and O–H groups in total. The summed E-state index contributed by atoms with van der Waals surface area (Å²) >= 11 is 6.27. The molecule has 0 spiro atoms. The van der Waals surface area contributed by atoms with Crippen LogP contribution in [0.15, 0.2) is 30.3 Å². The van der Waals surface area contributed by atoms with Crippen molar-refractivity contribution < 1.29 is 19.7 Å². The van der Waals surface area contributed by atoms with E-state index in [1.165, 1.54) is 0 Å². The first-order valence-electron chi connectivity index (χ1n) is 6.41. The van der Waals surface area contributed by atoms with Crippen molar-refractivity contribution in [3.8, 4) is 17.2 Å². The third-order valence-corrected chi connectivity index (χ3v) is 5.64. The summed E-state index contributed by atoms with van der Waals surface area (Å²) in [5.74, 6) is 0.377. The number of aromatic hydroxyl groups is 1. The smallest absolute Gasteiger partial charge is 0.320 e. The van der Waals surface area contributed by atoms with Crippen molar-refractivity contribution in [2.24, 2.45) is 5.73 Å². The van der Waals surface area contributed by atoms with Crippen molar-refractivity contribution >= 4 is 73.7 Å². The monoisotopic (exact) mass is 651 g/mol. The summed E-state index contributed by atoms with van der Waals surface area (Å²) in [5.41, 5.74) is 6.34. The number of rotatable bonds is 5. The van der Waals surface area contributed by atoms with Crippen LogP contribution in [-0.2, 0) is 11.2 Å². The molecule has 0 fully saturated rings. The molecule has 23 heavy (non-hydrogen) atoms. The van der Waals surface area contributed by atoms with Crippen LogP contribution in [0.3, 0.4) is 0 Å². The number of hydrogen-bond donors (Lipinski definition) is 3. The van der Waals surface area contributed by atoms with Gasteiger partial charge < -0.3 is 20.7 Å². The second-order valence-electron chi connectivity index (χ2n) is 4.73. The molecule has 0 radical (unpaired) electrons. The number of ether oxygens (including phenoxy) is 1. The van der Waals surface area contributed by atoms with E-state index in [0.717, 1.165) is 12.7 Å². The molecule has 2 rings (SSSR count). The van der Waals surface area contributed by atoms with E-state index in [-0.39, 0.29) is 12.2 Å². The fourth-order valence-electron chi connectivity index (χ4n) is 1.81. The quantitative estimate of drug-likeness (QED) is 0.427. The number of hydrogen-bond acceptors (Lipinski definition) is 4. The summed E-state index contributed by atoms with van der Waals surface area (Å²) < 4.78 is 8.17. The molecular formula is C15H12I3NO4. The fourth-order valence-corrected chi connectivity index (χ4v) is 5.40. The van der Waals surface area contributed by atoms with Gasteiger partial charge in [-0.15, -0.1) is 0 Å².